The van der Waals surface area contributed by atoms with Crippen LogP contribution in [0.5, 0.6) is 0 Å². The first-order chi connectivity index (χ1) is 9.60. The van der Waals surface area contributed by atoms with E-state index in [9.17, 15) is 14.4 Å². The number of fused-ring (bicyclic) bond motifs is 1. The van der Waals surface area contributed by atoms with Crippen LogP contribution >= 0.6 is 0 Å². The van der Waals surface area contributed by atoms with Crippen LogP contribution in [0.3, 0.4) is 0 Å². The number of nitrogens with two attached hydrogens (primary N) is 1. The van der Waals surface area contributed by atoms with Crippen molar-refractivity contribution in [3.05, 3.63) is 35.1 Å². The predicted octanol–water partition coefficient (Wildman–Crippen LogP) is -0.267. The Labute approximate surface area is 116 Å². The molecule has 0 aromatic heterocycles. The van der Waals surface area contributed by atoms with E-state index in [1.807, 2.05) is 12.2 Å². The van der Waals surface area contributed by atoms with Gasteiger partial charge in [0.1, 0.15) is 6.04 Å². The molecule has 3 amide bonds. The first-order valence-electron chi connectivity index (χ1n) is 6.56. The van der Waals surface area contributed by atoms with Gasteiger partial charge in [0.25, 0.3) is 5.91 Å². The molecule has 3 aliphatic rings. The molecular formula is C14H15N3O3. The van der Waals surface area contributed by atoms with E-state index < -0.39 is 6.04 Å². The lowest BCUT2D eigenvalue weighted by atomic mass is 9.97. The van der Waals surface area contributed by atoms with Gasteiger partial charge in [0.15, 0.2) is 0 Å². The fourth-order valence-corrected chi connectivity index (χ4v) is 2.82. The van der Waals surface area contributed by atoms with Crippen LogP contribution in [-0.2, 0) is 14.4 Å². The number of hydrogen-bond acceptors (Lipinski definition) is 4. The molecule has 0 spiro atoms. The highest BCUT2D eigenvalue weighted by atomic mass is 16.2. The van der Waals surface area contributed by atoms with E-state index in [4.69, 9.17) is 5.73 Å². The molecule has 2 heterocycles. The van der Waals surface area contributed by atoms with Gasteiger partial charge in [0.2, 0.25) is 11.8 Å². The average molecular weight is 273 g/mol. The molecule has 2 saturated heterocycles. The molecule has 20 heavy (non-hydrogen) atoms. The number of allylic oxidation sites excluding steroid dienone is 3. The number of rotatable bonds is 1. The van der Waals surface area contributed by atoms with Gasteiger partial charge >= 0.3 is 0 Å². The third-order valence-electron chi connectivity index (χ3n) is 3.88. The largest absolute Gasteiger partial charge is 0.404 e. The topological polar surface area (TPSA) is 92.5 Å². The minimum Gasteiger partial charge on any atom is -0.404 e. The summed E-state index contributed by atoms with van der Waals surface area (Å²) >= 11 is 0. The summed E-state index contributed by atoms with van der Waals surface area (Å²) in [6.07, 6.45) is 6.56. The van der Waals surface area contributed by atoms with Crippen molar-refractivity contribution in [2.75, 3.05) is 6.54 Å². The highest BCUT2D eigenvalue weighted by Gasteiger charge is 2.41. The van der Waals surface area contributed by atoms with Crippen molar-refractivity contribution in [1.29, 1.82) is 0 Å². The summed E-state index contributed by atoms with van der Waals surface area (Å²) in [5, 5.41) is 2.29. The van der Waals surface area contributed by atoms with Crippen molar-refractivity contribution in [3.8, 4) is 0 Å². The molecule has 0 aromatic carbocycles. The summed E-state index contributed by atoms with van der Waals surface area (Å²) in [6.45, 7) is 0.397. The molecule has 1 atom stereocenters. The molecule has 0 radical (unpaired) electrons. The van der Waals surface area contributed by atoms with Crippen molar-refractivity contribution < 1.29 is 14.4 Å². The standard InChI is InChI=1S/C14H15N3O3/c15-6-8-1-2-10-9(5-8)7-17(14(10)20)11-3-4-12(18)16-13(11)19/h2,5-6,11H,1,3-4,7,15H2,(H,16,18,19). The molecule has 2 aliphatic heterocycles. The van der Waals surface area contributed by atoms with E-state index in [2.05, 4.69) is 5.32 Å². The lowest BCUT2D eigenvalue weighted by Gasteiger charge is -2.28. The Balaban J connectivity index is 1.85. The van der Waals surface area contributed by atoms with Crippen LogP contribution in [-0.4, -0.2) is 35.2 Å². The second-order valence-electron chi connectivity index (χ2n) is 5.13. The summed E-state index contributed by atoms with van der Waals surface area (Å²) in [7, 11) is 0. The highest BCUT2D eigenvalue weighted by molar-refractivity contribution is 6.07. The Morgan fingerprint density at radius 2 is 2.15 bits per heavy atom. The summed E-state index contributed by atoms with van der Waals surface area (Å²) in [4.78, 5) is 36.9. The smallest absolute Gasteiger partial charge is 0.254 e. The van der Waals surface area contributed by atoms with Gasteiger partial charge in [-0.25, -0.2) is 0 Å². The van der Waals surface area contributed by atoms with Gasteiger partial charge in [0.05, 0.1) is 0 Å². The van der Waals surface area contributed by atoms with Crippen LogP contribution in [0.25, 0.3) is 0 Å². The van der Waals surface area contributed by atoms with Crippen LogP contribution in [0.2, 0.25) is 0 Å². The van der Waals surface area contributed by atoms with E-state index >= 15 is 0 Å². The minimum atomic E-state index is -0.557. The predicted molar refractivity (Wildman–Crippen MR) is 70.9 cm³/mol. The SMILES string of the molecule is NC=C1C=C2CN(C3CCC(=O)NC3=O)C(=O)C2=CC1. The Bertz CT molecular complexity index is 601. The average Bonchev–Trinajstić information content (AvgIpc) is 2.75. The number of amides is 3. The fraction of sp³-hybridized carbons (Fsp3) is 0.357. The summed E-state index contributed by atoms with van der Waals surface area (Å²) < 4.78 is 0. The third kappa shape index (κ3) is 1.93. The first-order valence-corrected chi connectivity index (χ1v) is 6.56. The van der Waals surface area contributed by atoms with Crippen molar-refractivity contribution in [3.63, 3.8) is 0 Å². The van der Waals surface area contributed by atoms with Crippen LogP contribution in [0.4, 0.5) is 0 Å². The molecule has 6 nitrogen and oxygen atoms in total. The van der Waals surface area contributed by atoms with Gasteiger partial charge in [-0.05, 0) is 30.2 Å². The molecule has 0 saturated carbocycles. The number of likely N-dealkylation sites (tertiary alicyclic amines) is 1. The summed E-state index contributed by atoms with van der Waals surface area (Å²) in [5.41, 5.74) is 8.00. The minimum absolute atomic E-state index is 0.137. The van der Waals surface area contributed by atoms with Crippen LogP contribution in [0.1, 0.15) is 19.3 Å². The zero-order chi connectivity index (χ0) is 14.3. The van der Waals surface area contributed by atoms with Gasteiger partial charge in [-0.2, -0.15) is 0 Å². The molecule has 3 rings (SSSR count). The number of hydrogen-bond donors (Lipinski definition) is 2. The molecule has 6 heteroatoms. The Morgan fingerprint density at radius 3 is 2.85 bits per heavy atom. The lowest BCUT2D eigenvalue weighted by molar-refractivity contribution is -0.142. The molecule has 2 fully saturated rings. The molecule has 3 N–H and O–H groups in total. The van der Waals surface area contributed by atoms with E-state index in [-0.39, 0.29) is 24.1 Å². The number of nitrogens with one attached hydrogen (secondary N) is 1. The van der Waals surface area contributed by atoms with Gasteiger partial charge in [0, 0.05) is 18.5 Å². The third-order valence-corrected chi connectivity index (χ3v) is 3.88. The fourth-order valence-electron chi connectivity index (χ4n) is 2.82. The van der Waals surface area contributed by atoms with Crippen LogP contribution in [0, 0.1) is 0 Å². The quantitative estimate of drug-likeness (QED) is 0.643. The maximum Gasteiger partial charge on any atom is 0.254 e. The monoisotopic (exact) mass is 273 g/mol. The van der Waals surface area contributed by atoms with Crippen molar-refractivity contribution >= 4 is 17.7 Å². The van der Waals surface area contributed by atoms with Gasteiger partial charge in [-0.1, -0.05) is 12.2 Å². The number of imide groups is 1. The molecular weight excluding hydrogens is 258 g/mol. The van der Waals surface area contributed by atoms with Crippen molar-refractivity contribution in [2.24, 2.45) is 5.73 Å². The number of nitrogens with zero attached hydrogens (tertiary/aromatic N) is 1. The molecule has 0 bridgehead atoms. The Hall–Kier alpha value is -2.37. The Morgan fingerprint density at radius 1 is 1.35 bits per heavy atom. The van der Waals surface area contributed by atoms with E-state index in [0.717, 1.165) is 11.1 Å². The number of piperidine rings is 1. The normalized spacial score (nSPS) is 28.2. The number of carbonyl (C=O) groups is 3. The van der Waals surface area contributed by atoms with E-state index in [1.54, 1.807) is 4.90 Å². The molecule has 1 unspecified atom stereocenters. The second kappa shape index (κ2) is 4.63. The zero-order valence-corrected chi connectivity index (χ0v) is 10.9. The molecule has 0 aromatic rings. The van der Waals surface area contributed by atoms with E-state index in [0.29, 0.717) is 25.0 Å². The molecule has 1 aliphatic carbocycles. The van der Waals surface area contributed by atoms with Crippen LogP contribution in [0.15, 0.2) is 35.1 Å². The lowest BCUT2D eigenvalue weighted by Crippen LogP contribution is -2.52. The highest BCUT2D eigenvalue weighted by Crippen LogP contribution is 2.32. The maximum atomic E-state index is 12.4. The van der Waals surface area contributed by atoms with Crippen molar-refractivity contribution in [1.82, 2.24) is 10.2 Å². The summed E-state index contributed by atoms with van der Waals surface area (Å²) in [6, 6.07) is -0.557. The van der Waals surface area contributed by atoms with Gasteiger partial charge < -0.3 is 10.6 Å². The van der Waals surface area contributed by atoms with E-state index in [1.165, 1.54) is 6.20 Å². The maximum absolute atomic E-state index is 12.4. The first kappa shape index (κ1) is 12.7. The molecule has 104 valence electrons. The van der Waals surface area contributed by atoms with Crippen molar-refractivity contribution in [2.45, 2.75) is 25.3 Å². The van der Waals surface area contributed by atoms with Gasteiger partial charge in [-0.15, -0.1) is 0 Å². The zero-order valence-electron chi connectivity index (χ0n) is 10.9. The Kier molecular flexibility index (Phi) is 2.93. The number of carbonyl (C=O) groups excluding carboxylic acids is 3. The van der Waals surface area contributed by atoms with Gasteiger partial charge in [-0.3, -0.25) is 19.7 Å². The van der Waals surface area contributed by atoms with Crippen LogP contribution < -0.4 is 11.1 Å². The summed E-state index contributed by atoms with van der Waals surface area (Å²) in [5.74, 6) is -0.798. The second-order valence-corrected chi connectivity index (χ2v) is 5.13.